The Hall–Kier alpha value is -2.75. The molecule has 0 saturated carbocycles. The minimum atomic E-state index is 0.156. The summed E-state index contributed by atoms with van der Waals surface area (Å²) in [6.45, 7) is 2.04. The predicted octanol–water partition coefficient (Wildman–Crippen LogP) is 3.73. The third-order valence-electron chi connectivity index (χ3n) is 3.60. The highest BCUT2D eigenvalue weighted by atomic mass is 16.3. The standard InChI is InChI=1S/C16H13N3O/c1-9-2-4-12-11(8-9)14(16(20)19-12)13-5-3-10-6-7-17-15(10)18-13/h2-8,19-20H,1H3,(H,17,18). The average molecular weight is 263 g/mol. The van der Waals surface area contributed by atoms with Gasteiger partial charge in [0.2, 0.25) is 0 Å². The summed E-state index contributed by atoms with van der Waals surface area (Å²) in [6, 6.07) is 12.0. The van der Waals surface area contributed by atoms with Crippen LogP contribution in [0.3, 0.4) is 0 Å². The minimum Gasteiger partial charge on any atom is -0.494 e. The molecule has 0 bridgehead atoms. The molecule has 20 heavy (non-hydrogen) atoms. The van der Waals surface area contributed by atoms with Crippen molar-refractivity contribution >= 4 is 21.9 Å². The van der Waals surface area contributed by atoms with E-state index >= 15 is 0 Å². The fourth-order valence-corrected chi connectivity index (χ4v) is 2.62. The molecule has 0 aliphatic rings. The molecule has 0 aliphatic heterocycles. The van der Waals surface area contributed by atoms with Gasteiger partial charge < -0.3 is 15.1 Å². The van der Waals surface area contributed by atoms with Crippen molar-refractivity contribution in [3.63, 3.8) is 0 Å². The van der Waals surface area contributed by atoms with Crippen LogP contribution in [-0.2, 0) is 0 Å². The predicted molar refractivity (Wildman–Crippen MR) is 79.8 cm³/mol. The highest BCUT2D eigenvalue weighted by Crippen LogP contribution is 2.36. The topological polar surface area (TPSA) is 64.7 Å². The number of pyridine rings is 1. The summed E-state index contributed by atoms with van der Waals surface area (Å²) in [4.78, 5) is 10.7. The highest BCUT2D eigenvalue weighted by Gasteiger charge is 2.14. The molecule has 3 N–H and O–H groups in total. The Morgan fingerprint density at radius 3 is 2.90 bits per heavy atom. The molecule has 98 valence electrons. The summed E-state index contributed by atoms with van der Waals surface area (Å²) >= 11 is 0. The van der Waals surface area contributed by atoms with Crippen LogP contribution in [0.5, 0.6) is 5.88 Å². The Morgan fingerprint density at radius 1 is 1.10 bits per heavy atom. The quantitative estimate of drug-likeness (QED) is 0.490. The molecule has 0 radical (unpaired) electrons. The second-order valence-electron chi connectivity index (χ2n) is 5.01. The Labute approximate surface area is 115 Å². The van der Waals surface area contributed by atoms with E-state index in [1.54, 1.807) is 0 Å². The minimum absolute atomic E-state index is 0.156. The number of hydrogen-bond acceptors (Lipinski definition) is 2. The largest absolute Gasteiger partial charge is 0.494 e. The number of aryl methyl sites for hydroxylation is 1. The van der Waals surface area contributed by atoms with Crippen molar-refractivity contribution in [1.29, 1.82) is 0 Å². The molecule has 0 unspecified atom stereocenters. The third kappa shape index (κ3) is 1.51. The maximum Gasteiger partial charge on any atom is 0.199 e. The summed E-state index contributed by atoms with van der Waals surface area (Å²) in [7, 11) is 0. The van der Waals surface area contributed by atoms with E-state index in [-0.39, 0.29) is 5.88 Å². The van der Waals surface area contributed by atoms with E-state index in [1.807, 2.05) is 43.5 Å². The second-order valence-corrected chi connectivity index (χ2v) is 5.01. The van der Waals surface area contributed by atoms with Gasteiger partial charge in [0.1, 0.15) is 5.65 Å². The van der Waals surface area contributed by atoms with Crippen LogP contribution in [0.1, 0.15) is 5.56 Å². The van der Waals surface area contributed by atoms with Crippen molar-refractivity contribution in [3.05, 3.63) is 48.2 Å². The number of aromatic amines is 2. The smallest absolute Gasteiger partial charge is 0.199 e. The Kier molecular flexibility index (Phi) is 2.15. The van der Waals surface area contributed by atoms with Crippen molar-refractivity contribution in [3.8, 4) is 17.1 Å². The van der Waals surface area contributed by atoms with Crippen molar-refractivity contribution in [2.75, 3.05) is 0 Å². The van der Waals surface area contributed by atoms with Gasteiger partial charge in [-0.2, -0.15) is 0 Å². The number of hydrogen-bond donors (Lipinski definition) is 3. The number of nitrogens with zero attached hydrogens (tertiary/aromatic N) is 1. The first-order valence-electron chi connectivity index (χ1n) is 6.48. The molecule has 4 rings (SSSR count). The molecule has 0 spiro atoms. The van der Waals surface area contributed by atoms with E-state index in [0.717, 1.165) is 38.8 Å². The van der Waals surface area contributed by atoms with E-state index in [9.17, 15) is 5.11 Å². The maximum atomic E-state index is 10.2. The van der Waals surface area contributed by atoms with Gasteiger partial charge in [0.15, 0.2) is 5.88 Å². The van der Waals surface area contributed by atoms with Crippen LogP contribution in [0.4, 0.5) is 0 Å². The highest BCUT2D eigenvalue weighted by molar-refractivity contribution is 5.99. The lowest BCUT2D eigenvalue weighted by Crippen LogP contribution is -1.84. The van der Waals surface area contributed by atoms with Crippen LogP contribution in [0.15, 0.2) is 42.6 Å². The van der Waals surface area contributed by atoms with Gasteiger partial charge in [0.05, 0.1) is 11.3 Å². The molecule has 0 amide bonds. The Balaban J connectivity index is 2.05. The van der Waals surface area contributed by atoms with Crippen LogP contribution in [0, 0.1) is 6.92 Å². The fraction of sp³-hybridized carbons (Fsp3) is 0.0625. The molecule has 0 atom stereocenters. The lowest BCUT2D eigenvalue weighted by Gasteiger charge is -2.01. The first-order chi connectivity index (χ1) is 9.72. The number of aromatic hydroxyl groups is 1. The van der Waals surface area contributed by atoms with Gasteiger partial charge in [-0.1, -0.05) is 11.6 Å². The van der Waals surface area contributed by atoms with Gasteiger partial charge in [-0.05, 0) is 37.3 Å². The fourth-order valence-electron chi connectivity index (χ4n) is 2.62. The van der Waals surface area contributed by atoms with E-state index in [1.165, 1.54) is 0 Å². The first-order valence-corrected chi connectivity index (χ1v) is 6.48. The third-order valence-corrected chi connectivity index (χ3v) is 3.60. The monoisotopic (exact) mass is 263 g/mol. The van der Waals surface area contributed by atoms with Crippen LogP contribution in [0.25, 0.3) is 33.2 Å². The van der Waals surface area contributed by atoms with Crippen LogP contribution in [-0.4, -0.2) is 20.1 Å². The Morgan fingerprint density at radius 2 is 2.00 bits per heavy atom. The number of aromatic nitrogens is 3. The molecular weight excluding hydrogens is 250 g/mol. The first kappa shape index (κ1) is 11.1. The molecule has 0 saturated heterocycles. The molecule has 0 aliphatic carbocycles. The van der Waals surface area contributed by atoms with Crippen molar-refractivity contribution in [1.82, 2.24) is 15.0 Å². The SMILES string of the molecule is Cc1ccc2[nH]c(O)c(-c3ccc4cc[nH]c4n3)c2c1. The van der Waals surface area contributed by atoms with E-state index in [0.29, 0.717) is 0 Å². The van der Waals surface area contributed by atoms with Gasteiger partial charge in [-0.3, -0.25) is 0 Å². The van der Waals surface area contributed by atoms with Crippen LogP contribution >= 0.6 is 0 Å². The molecule has 0 fully saturated rings. The number of benzene rings is 1. The lowest BCUT2D eigenvalue weighted by molar-refractivity contribution is 0.460. The van der Waals surface area contributed by atoms with Crippen molar-refractivity contribution in [2.24, 2.45) is 0 Å². The molecule has 3 heterocycles. The maximum absolute atomic E-state index is 10.2. The summed E-state index contributed by atoms with van der Waals surface area (Å²) in [6.07, 6.45) is 1.86. The summed E-state index contributed by atoms with van der Waals surface area (Å²) < 4.78 is 0. The molecule has 1 aromatic carbocycles. The van der Waals surface area contributed by atoms with Gasteiger partial charge in [-0.25, -0.2) is 4.98 Å². The average Bonchev–Trinajstić information content (AvgIpc) is 3.00. The Bertz CT molecular complexity index is 933. The van der Waals surface area contributed by atoms with E-state index < -0.39 is 0 Å². The molecule has 3 aromatic heterocycles. The van der Waals surface area contributed by atoms with Crippen molar-refractivity contribution < 1.29 is 5.11 Å². The van der Waals surface area contributed by atoms with Gasteiger partial charge in [-0.15, -0.1) is 0 Å². The zero-order valence-electron chi connectivity index (χ0n) is 10.9. The second kappa shape index (κ2) is 3.87. The van der Waals surface area contributed by atoms with Crippen molar-refractivity contribution in [2.45, 2.75) is 6.92 Å². The summed E-state index contributed by atoms with van der Waals surface area (Å²) in [5.74, 6) is 0.156. The molecule has 4 heteroatoms. The molecular formula is C16H13N3O. The molecule has 4 aromatic rings. The normalized spacial score (nSPS) is 11.4. The lowest BCUT2D eigenvalue weighted by atomic mass is 10.1. The number of H-pyrrole nitrogens is 2. The van der Waals surface area contributed by atoms with Gasteiger partial charge in [0.25, 0.3) is 0 Å². The van der Waals surface area contributed by atoms with E-state index in [2.05, 4.69) is 21.0 Å². The number of rotatable bonds is 1. The van der Waals surface area contributed by atoms with Crippen LogP contribution in [0.2, 0.25) is 0 Å². The summed E-state index contributed by atoms with van der Waals surface area (Å²) in [5.41, 5.74) is 4.40. The van der Waals surface area contributed by atoms with Gasteiger partial charge >= 0.3 is 0 Å². The number of nitrogens with one attached hydrogen (secondary N) is 2. The van der Waals surface area contributed by atoms with E-state index in [4.69, 9.17) is 0 Å². The van der Waals surface area contributed by atoms with Gasteiger partial charge in [0, 0.05) is 22.5 Å². The zero-order chi connectivity index (χ0) is 13.7. The summed E-state index contributed by atoms with van der Waals surface area (Å²) in [5, 5.41) is 12.2. The number of fused-ring (bicyclic) bond motifs is 2. The van der Waals surface area contributed by atoms with Crippen LogP contribution < -0.4 is 0 Å². The zero-order valence-corrected chi connectivity index (χ0v) is 10.9. The molecule has 4 nitrogen and oxygen atoms in total.